The predicted molar refractivity (Wildman–Crippen MR) is 69.8 cm³/mol. The van der Waals surface area contributed by atoms with E-state index in [0.29, 0.717) is 5.92 Å². The van der Waals surface area contributed by atoms with E-state index in [4.69, 9.17) is 0 Å². The van der Waals surface area contributed by atoms with Crippen molar-refractivity contribution in [2.24, 2.45) is 5.92 Å². The van der Waals surface area contributed by atoms with Crippen molar-refractivity contribution in [2.75, 3.05) is 0 Å². The monoisotopic (exact) mass is 285 g/mol. The molecule has 1 aromatic rings. The first-order chi connectivity index (χ1) is 9.51. The molecule has 1 amide bonds. The lowest BCUT2D eigenvalue weighted by molar-refractivity contribution is 0.0920. The highest BCUT2D eigenvalue weighted by Gasteiger charge is 2.22. The first-order valence-electron chi connectivity index (χ1n) is 6.96. The fourth-order valence-electron chi connectivity index (χ4n) is 2.67. The highest BCUT2D eigenvalue weighted by atomic mass is 19.2. The van der Waals surface area contributed by atoms with Crippen LogP contribution < -0.4 is 5.32 Å². The summed E-state index contributed by atoms with van der Waals surface area (Å²) >= 11 is 0. The smallest absolute Gasteiger partial charge is 0.251 e. The van der Waals surface area contributed by atoms with Gasteiger partial charge in [0.15, 0.2) is 17.5 Å². The van der Waals surface area contributed by atoms with Gasteiger partial charge in [0.05, 0.1) is 0 Å². The van der Waals surface area contributed by atoms with Gasteiger partial charge in [0, 0.05) is 11.6 Å². The van der Waals surface area contributed by atoms with E-state index in [-0.39, 0.29) is 11.6 Å². The van der Waals surface area contributed by atoms with Crippen molar-refractivity contribution in [3.63, 3.8) is 0 Å². The molecule has 20 heavy (non-hydrogen) atoms. The molecule has 0 aliphatic heterocycles. The number of rotatable bonds is 3. The summed E-state index contributed by atoms with van der Waals surface area (Å²) in [6, 6.07) is 1.48. The van der Waals surface area contributed by atoms with Crippen LogP contribution in [0.2, 0.25) is 0 Å². The van der Waals surface area contributed by atoms with Crippen molar-refractivity contribution in [1.82, 2.24) is 5.32 Å². The number of hydrogen-bond donors (Lipinski definition) is 1. The van der Waals surface area contributed by atoms with E-state index >= 15 is 0 Å². The Hall–Kier alpha value is -1.52. The summed E-state index contributed by atoms with van der Waals surface area (Å²) in [7, 11) is 0. The fraction of sp³-hybridized carbons (Fsp3) is 0.533. The van der Waals surface area contributed by atoms with Gasteiger partial charge in [-0.1, -0.05) is 13.3 Å². The third kappa shape index (κ3) is 3.32. The number of nitrogens with one attached hydrogen (secondary N) is 1. The minimum absolute atomic E-state index is 0.0291. The number of amides is 1. The van der Waals surface area contributed by atoms with E-state index in [1.54, 1.807) is 0 Å². The van der Waals surface area contributed by atoms with Gasteiger partial charge in [0.1, 0.15) is 0 Å². The van der Waals surface area contributed by atoms with Crippen LogP contribution in [0.3, 0.4) is 0 Å². The first kappa shape index (κ1) is 14.9. The Labute approximate surface area is 116 Å². The molecule has 0 radical (unpaired) electrons. The Balaban J connectivity index is 1.99. The van der Waals surface area contributed by atoms with E-state index in [2.05, 4.69) is 12.2 Å². The predicted octanol–water partition coefficient (Wildman–Crippen LogP) is 3.80. The zero-order valence-corrected chi connectivity index (χ0v) is 11.4. The third-order valence-electron chi connectivity index (χ3n) is 4.01. The van der Waals surface area contributed by atoms with Crippen LogP contribution in [0.1, 0.15) is 49.4 Å². The summed E-state index contributed by atoms with van der Waals surface area (Å²) in [5, 5.41) is 2.76. The van der Waals surface area contributed by atoms with Crippen molar-refractivity contribution in [3.8, 4) is 0 Å². The third-order valence-corrected chi connectivity index (χ3v) is 4.01. The standard InChI is InChI=1S/C15H18F3NO/c1-2-9-3-5-11(6-4-9)19-15(20)10-7-12(16)14(18)13(17)8-10/h7-9,11H,2-6H2,1H3,(H,19,20). The lowest BCUT2D eigenvalue weighted by atomic mass is 9.84. The van der Waals surface area contributed by atoms with Crippen molar-refractivity contribution < 1.29 is 18.0 Å². The lowest BCUT2D eigenvalue weighted by Crippen LogP contribution is -2.37. The molecule has 1 aliphatic carbocycles. The molecule has 1 aromatic carbocycles. The van der Waals surface area contributed by atoms with Crippen LogP contribution in [-0.2, 0) is 0 Å². The molecule has 5 heteroatoms. The maximum atomic E-state index is 13.1. The van der Waals surface area contributed by atoms with Gasteiger partial charge in [-0.25, -0.2) is 13.2 Å². The minimum Gasteiger partial charge on any atom is -0.349 e. The lowest BCUT2D eigenvalue weighted by Gasteiger charge is -2.28. The van der Waals surface area contributed by atoms with Gasteiger partial charge in [-0.05, 0) is 43.7 Å². The van der Waals surface area contributed by atoms with Crippen molar-refractivity contribution >= 4 is 5.91 Å². The molecule has 1 N–H and O–H groups in total. The molecule has 2 nitrogen and oxygen atoms in total. The van der Waals surface area contributed by atoms with Crippen molar-refractivity contribution in [2.45, 2.75) is 45.1 Å². The molecular formula is C15H18F3NO. The van der Waals surface area contributed by atoms with Gasteiger partial charge < -0.3 is 5.32 Å². The van der Waals surface area contributed by atoms with E-state index < -0.39 is 23.4 Å². The first-order valence-corrected chi connectivity index (χ1v) is 6.96. The normalized spacial score (nSPS) is 22.6. The van der Waals surface area contributed by atoms with E-state index in [0.717, 1.165) is 44.2 Å². The number of carbonyl (C=O) groups is 1. The summed E-state index contributed by atoms with van der Waals surface area (Å²) < 4.78 is 39.0. The number of hydrogen-bond acceptors (Lipinski definition) is 1. The van der Waals surface area contributed by atoms with Gasteiger partial charge in [-0.3, -0.25) is 4.79 Å². The maximum Gasteiger partial charge on any atom is 0.251 e. The molecule has 1 aliphatic rings. The van der Waals surface area contributed by atoms with E-state index in [1.165, 1.54) is 0 Å². The van der Waals surface area contributed by atoms with Gasteiger partial charge >= 0.3 is 0 Å². The van der Waals surface area contributed by atoms with Gasteiger partial charge in [0.25, 0.3) is 5.91 Å². The fourth-order valence-corrected chi connectivity index (χ4v) is 2.67. The van der Waals surface area contributed by atoms with Crippen molar-refractivity contribution in [3.05, 3.63) is 35.1 Å². The minimum atomic E-state index is -1.55. The molecular weight excluding hydrogens is 267 g/mol. The summed E-state index contributed by atoms with van der Waals surface area (Å²) in [6.07, 6.45) is 4.98. The largest absolute Gasteiger partial charge is 0.349 e. The van der Waals surface area contributed by atoms with Crippen LogP contribution in [0.15, 0.2) is 12.1 Å². The molecule has 0 atom stereocenters. The van der Waals surface area contributed by atoms with Gasteiger partial charge in [-0.15, -0.1) is 0 Å². The Morgan fingerprint density at radius 3 is 2.20 bits per heavy atom. The highest BCUT2D eigenvalue weighted by Crippen LogP contribution is 2.26. The number of benzene rings is 1. The Morgan fingerprint density at radius 1 is 1.15 bits per heavy atom. The average molecular weight is 285 g/mol. The Bertz CT molecular complexity index is 473. The molecule has 1 fully saturated rings. The van der Waals surface area contributed by atoms with Gasteiger partial charge in [0.2, 0.25) is 0 Å². The topological polar surface area (TPSA) is 29.1 Å². The van der Waals surface area contributed by atoms with Crippen LogP contribution in [-0.4, -0.2) is 11.9 Å². The van der Waals surface area contributed by atoms with Crippen LogP contribution in [0.4, 0.5) is 13.2 Å². The molecule has 0 aromatic heterocycles. The zero-order chi connectivity index (χ0) is 14.7. The second kappa shape index (κ2) is 6.29. The van der Waals surface area contributed by atoms with E-state index in [1.807, 2.05) is 0 Å². The quantitative estimate of drug-likeness (QED) is 0.841. The molecule has 1 saturated carbocycles. The Kier molecular flexibility index (Phi) is 4.68. The second-order valence-corrected chi connectivity index (χ2v) is 5.35. The van der Waals surface area contributed by atoms with E-state index in [9.17, 15) is 18.0 Å². The maximum absolute atomic E-state index is 13.1. The van der Waals surface area contributed by atoms with Crippen molar-refractivity contribution in [1.29, 1.82) is 0 Å². The molecule has 0 bridgehead atoms. The molecule has 0 heterocycles. The SMILES string of the molecule is CCC1CCC(NC(=O)c2cc(F)c(F)c(F)c2)CC1. The summed E-state index contributed by atoms with van der Waals surface area (Å²) in [4.78, 5) is 11.9. The Morgan fingerprint density at radius 2 is 1.70 bits per heavy atom. The molecule has 0 saturated heterocycles. The van der Waals surface area contributed by atoms with Crippen LogP contribution in [0.25, 0.3) is 0 Å². The average Bonchev–Trinajstić information content (AvgIpc) is 2.45. The van der Waals surface area contributed by atoms with Crippen LogP contribution >= 0.6 is 0 Å². The summed E-state index contributed by atoms with van der Waals surface area (Å²) in [5.41, 5.74) is -0.181. The highest BCUT2D eigenvalue weighted by molar-refractivity contribution is 5.94. The van der Waals surface area contributed by atoms with Crippen LogP contribution in [0, 0.1) is 23.4 Å². The molecule has 0 unspecified atom stereocenters. The zero-order valence-electron chi connectivity index (χ0n) is 11.4. The molecule has 110 valence electrons. The number of halogens is 3. The second-order valence-electron chi connectivity index (χ2n) is 5.35. The summed E-state index contributed by atoms with van der Waals surface area (Å²) in [5.74, 6) is -4.09. The van der Waals surface area contributed by atoms with Gasteiger partial charge in [-0.2, -0.15) is 0 Å². The number of carbonyl (C=O) groups excluding carboxylic acids is 1. The molecule has 2 rings (SSSR count). The molecule has 0 spiro atoms. The summed E-state index contributed by atoms with van der Waals surface area (Å²) in [6.45, 7) is 2.15. The van der Waals surface area contributed by atoms with Crippen LogP contribution in [0.5, 0.6) is 0 Å².